The normalized spacial score (nSPS) is 9.83. The van der Waals surface area contributed by atoms with Crippen molar-refractivity contribution in [1.82, 2.24) is 0 Å². The number of phenols is 1. The van der Waals surface area contributed by atoms with Crippen molar-refractivity contribution < 1.29 is 9.90 Å². The molecule has 0 radical (unpaired) electrons. The Kier molecular flexibility index (Phi) is 2.71. The van der Waals surface area contributed by atoms with Gasteiger partial charge in [0.1, 0.15) is 5.75 Å². The number of Topliss-reactive ketones (excluding diaryl/α,β-unsaturated/α-hetero) is 1. The molecule has 64 valence electrons. The maximum Gasteiger partial charge on any atom is 0.162 e. The van der Waals surface area contributed by atoms with Crippen molar-refractivity contribution in [1.29, 1.82) is 0 Å². The van der Waals surface area contributed by atoms with Crippen LogP contribution in [-0.4, -0.2) is 10.9 Å². The van der Waals surface area contributed by atoms with Crippen LogP contribution in [0.15, 0.2) is 18.2 Å². The number of benzene rings is 1. The second-order valence-corrected chi connectivity index (χ2v) is 2.85. The van der Waals surface area contributed by atoms with Gasteiger partial charge in [-0.05, 0) is 18.2 Å². The molecule has 1 aromatic rings. The van der Waals surface area contributed by atoms with Crippen molar-refractivity contribution in [3.8, 4) is 5.75 Å². The molecule has 12 heavy (non-hydrogen) atoms. The van der Waals surface area contributed by atoms with Crippen molar-refractivity contribution >= 4 is 17.4 Å². The van der Waals surface area contributed by atoms with E-state index in [1.54, 1.807) is 13.0 Å². The minimum Gasteiger partial charge on any atom is -0.506 e. The Labute approximate surface area is 75.8 Å². The predicted molar refractivity (Wildman–Crippen MR) is 47.7 cm³/mol. The van der Waals surface area contributed by atoms with Crippen molar-refractivity contribution in [3.63, 3.8) is 0 Å². The standard InChI is InChI=1S/C9H9ClO2/c1-2-8(11)6-3-4-9(12)7(10)5-6/h3-5,12H,2H2,1H3. The van der Waals surface area contributed by atoms with Crippen molar-refractivity contribution in [2.75, 3.05) is 0 Å². The van der Waals surface area contributed by atoms with E-state index in [9.17, 15) is 4.79 Å². The molecule has 2 nitrogen and oxygen atoms in total. The number of aromatic hydroxyl groups is 1. The van der Waals surface area contributed by atoms with Crippen LogP contribution in [-0.2, 0) is 0 Å². The number of halogens is 1. The van der Waals surface area contributed by atoms with E-state index < -0.39 is 0 Å². The van der Waals surface area contributed by atoms with Gasteiger partial charge in [0, 0.05) is 12.0 Å². The third-order valence-electron chi connectivity index (χ3n) is 1.59. The van der Waals surface area contributed by atoms with Crippen LogP contribution in [0.2, 0.25) is 5.02 Å². The number of hydrogen-bond acceptors (Lipinski definition) is 2. The number of carbonyl (C=O) groups is 1. The van der Waals surface area contributed by atoms with E-state index in [4.69, 9.17) is 16.7 Å². The fourth-order valence-electron chi connectivity index (χ4n) is 0.884. The molecule has 1 rings (SSSR count). The first kappa shape index (κ1) is 9.07. The zero-order valence-electron chi connectivity index (χ0n) is 6.67. The van der Waals surface area contributed by atoms with Crippen molar-refractivity contribution in [2.45, 2.75) is 13.3 Å². The van der Waals surface area contributed by atoms with E-state index >= 15 is 0 Å². The fourth-order valence-corrected chi connectivity index (χ4v) is 1.07. The summed E-state index contributed by atoms with van der Waals surface area (Å²) in [4.78, 5) is 11.1. The Hall–Kier alpha value is -1.02. The smallest absolute Gasteiger partial charge is 0.162 e. The second kappa shape index (κ2) is 3.59. The molecule has 1 N–H and O–H groups in total. The summed E-state index contributed by atoms with van der Waals surface area (Å²) in [7, 11) is 0. The molecule has 0 saturated heterocycles. The lowest BCUT2D eigenvalue weighted by Gasteiger charge is -1.99. The van der Waals surface area contributed by atoms with Crippen LogP contribution >= 0.6 is 11.6 Å². The Morgan fingerprint density at radius 3 is 2.75 bits per heavy atom. The Balaban J connectivity index is 3.05. The number of rotatable bonds is 2. The zero-order valence-corrected chi connectivity index (χ0v) is 7.43. The maximum atomic E-state index is 11.1. The van der Waals surface area contributed by atoms with Crippen LogP contribution in [0.4, 0.5) is 0 Å². The van der Waals surface area contributed by atoms with Crippen LogP contribution < -0.4 is 0 Å². The van der Waals surface area contributed by atoms with E-state index in [2.05, 4.69) is 0 Å². The molecule has 0 aliphatic rings. The van der Waals surface area contributed by atoms with Gasteiger partial charge in [-0.25, -0.2) is 0 Å². The first-order valence-corrected chi connectivity index (χ1v) is 4.04. The Morgan fingerprint density at radius 1 is 1.58 bits per heavy atom. The highest BCUT2D eigenvalue weighted by molar-refractivity contribution is 6.32. The largest absolute Gasteiger partial charge is 0.506 e. The van der Waals surface area contributed by atoms with Gasteiger partial charge in [-0.15, -0.1) is 0 Å². The molecule has 0 aromatic heterocycles. The summed E-state index contributed by atoms with van der Waals surface area (Å²) < 4.78 is 0. The third-order valence-corrected chi connectivity index (χ3v) is 1.89. The van der Waals surface area contributed by atoms with Gasteiger partial charge in [-0.1, -0.05) is 18.5 Å². The van der Waals surface area contributed by atoms with Crippen LogP contribution in [0, 0.1) is 0 Å². The highest BCUT2D eigenvalue weighted by atomic mass is 35.5. The molecule has 0 heterocycles. The van der Waals surface area contributed by atoms with E-state index in [1.807, 2.05) is 0 Å². The van der Waals surface area contributed by atoms with E-state index in [-0.39, 0.29) is 16.6 Å². The number of carbonyl (C=O) groups excluding carboxylic acids is 1. The predicted octanol–water partition coefficient (Wildman–Crippen LogP) is 2.64. The van der Waals surface area contributed by atoms with Gasteiger partial charge >= 0.3 is 0 Å². The average Bonchev–Trinajstić information content (AvgIpc) is 2.08. The molecule has 0 spiro atoms. The highest BCUT2D eigenvalue weighted by Crippen LogP contribution is 2.23. The first-order valence-electron chi connectivity index (χ1n) is 3.67. The summed E-state index contributed by atoms with van der Waals surface area (Å²) in [6, 6.07) is 4.46. The van der Waals surface area contributed by atoms with Crippen LogP contribution in [0.25, 0.3) is 0 Å². The summed E-state index contributed by atoms with van der Waals surface area (Å²) in [5, 5.41) is 9.27. The lowest BCUT2D eigenvalue weighted by Crippen LogP contribution is -1.95. The lowest BCUT2D eigenvalue weighted by molar-refractivity contribution is 0.0988. The van der Waals surface area contributed by atoms with Gasteiger partial charge in [0.05, 0.1) is 5.02 Å². The summed E-state index contributed by atoms with van der Waals surface area (Å²) in [6.45, 7) is 1.78. The lowest BCUT2D eigenvalue weighted by atomic mass is 10.1. The van der Waals surface area contributed by atoms with Gasteiger partial charge in [-0.3, -0.25) is 4.79 Å². The fraction of sp³-hybridized carbons (Fsp3) is 0.222. The zero-order chi connectivity index (χ0) is 9.14. The summed E-state index contributed by atoms with van der Waals surface area (Å²) in [5.74, 6) is 0.0289. The number of phenolic OH excluding ortho intramolecular Hbond substituents is 1. The molecule has 3 heteroatoms. The van der Waals surface area contributed by atoms with Gasteiger partial charge in [-0.2, -0.15) is 0 Å². The quantitative estimate of drug-likeness (QED) is 0.718. The van der Waals surface area contributed by atoms with Crippen molar-refractivity contribution in [3.05, 3.63) is 28.8 Å². The minimum atomic E-state index is 0.00400. The molecular formula is C9H9ClO2. The molecule has 0 atom stereocenters. The van der Waals surface area contributed by atoms with E-state index in [1.165, 1.54) is 12.1 Å². The van der Waals surface area contributed by atoms with Gasteiger partial charge in [0.25, 0.3) is 0 Å². The van der Waals surface area contributed by atoms with Gasteiger partial charge in [0.2, 0.25) is 0 Å². The summed E-state index contributed by atoms with van der Waals surface area (Å²) in [5.41, 5.74) is 0.542. The molecule has 0 saturated carbocycles. The molecule has 0 bridgehead atoms. The minimum absolute atomic E-state index is 0.00400. The van der Waals surface area contributed by atoms with E-state index in [0.717, 1.165) is 0 Å². The molecule has 0 unspecified atom stereocenters. The number of hydrogen-bond donors (Lipinski definition) is 1. The Bertz CT molecular complexity index is 307. The van der Waals surface area contributed by atoms with Crippen LogP contribution in [0.1, 0.15) is 23.7 Å². The number of ketones is 1. The molecule has 1 aromatic carbocycles. The SMILES string of the molecule is CCC(=O)c1ccc(O)c(Cl)c1. The van der Waals surface area contributed by atoms with Gasteiger partial charge in [0.15, 0.2) is 5.78 Å². The maximum absolute atomic E-state index is 11.1. The Morgan fingerprint density at radius 2 is 2.25 bits per heavy atom. The molecule has 0 amide bonds. The average molecular weight is 185 g/mol. The van der Waals surface area contributed by atoms with Crippen LogP contribution in [0.3, 0.4) is 0 Å². The van der Waals surface area contributed by atoms with Gasteiger partial charge < -0.3 is 5.11 Å². The highest BCUT2D eigenvalue weighted by Gasteiger charge is 2.05. The summed E-state index contributed by atoms with van der Waals surface area (Å²) >= 11 is 5.61. The monoisotopic (exact) mass is 184 g/mol. The topological polar surface area (TPSA) is 37.3 Å². The van der Waals surface area contributed by atoms with E-state index in [0.29, 0.717) is 12.0 Å². The first-order chi connectivity index (χ1) is 5.65. The molecule has 0 aliphatic carbocycles. The van der Waals surface area contributed by atoms with Crippen LogP contribution in [0.5, 0.6) is 5.75 Å². The summed E-state index contributed by atoms with van der Waals surface area (Å²) in [6.07, 6.45) is 0.446. The third kappa shape index (κ3) is 1.77. The second-order valence-electron chi connectivity index (χ2n) is 2.44. The molecular weight excluding hydrogens is 176 g/mol. The molecule has 0 fully saturated rings. The van der Waals surface area contributed by atoms with Crippen molar-refractivity contribution in [2.24, 2.45) is 0 Å². The molecule has 0 aliphatic heterocycles.